The summed E-state index contributed by atoms with van der Waals surface area (Å²) in [6, 6.07) is 3.80. The van der Waals surface area contributed by atoms with Gasteiger partial charge < -0.3 is 14.9 Å². The molecule has 25 heavy (non-hydrogen) atoms. The van der Waals surface area contributed by atoms with Gasteiger partial charge in [-0.25, -0.2) is 4.79 Å². The number of hydrogen-bond acceptors (Lipinski definition) is 5. The topological polar surface area (TPSA) is 89.2 Å². The number of unbranched alkanes of at least 4 members (excludes halogenated alkanes) is 5. The molecule has 136 valence electrons. The molecule has 5 heteroatoms. The number of ether oxygens (including phenoxy) is 1. The van der Waals surface area contributed by atoms with E-state index in [0.29, 0.717) is 22.6 Å². The molecule has 2 N–H and O–H groups in total. The zero-order valence-corrected chi connectivity index (χ0v) is 15.4. The third kappa shape index (κ3) is 4.45. The van der Waals surface area contributed by atoms with E-state index in [4.69, 9.17) is 14.9 Å². The highest BCUT2D eigenvalue weighted by molar-refractivity contribution is 5.48. The Bertz CT molecular complexity index is 727. The number of nitriles is 1. The highest BCUT2D eigenvalue weighted by Crippen LogP contribution is 2.42. The van der Waals surface area contributed by atoms with E-state index < -0.39 is 5.63 Å². The molecule has 2 rings (SSSR count). The summed E-state index contributed by atoms with van der Waals surface area (Å²) in [6.07, 6.45) is 8.19. The number of aryl methyl sites for hydroxylation is 1. The zero-order chi connectivity index (χ0) is 18.4. The summed E-state index contributed by atoms with van der Waals surface area (Å²) in [4.78, 5) is 12.4. The summed E-state index contributed by atoms with van der Waals surface area (Å²) in [6.45, 7) is 5.97. The first-order chi connectivity index (χ1) is 12.0. The minimum absolute atomic E-state index is 0.0970. The quantitative estimate of drug-likeness (QED) is 0.701. The third-order valence-electron chi connectivity index (χ3n) is 4.88. The monoisotopic (exact) mass is 344 g/mol. The number of hydrogen-bond donors (Lipinski definition) is 1. The maximum absolute atomic E-state index is 12.4. The summed E-state index contributed by atoms with van der Waals surface area (Å²) < 4.78 is 10.8. The Morgan fingerprint density at radius 2 is 1.96 bits per heavy atom. The van der Waals surface area contributed by atoms with Crippen LogP contribution in [0.3, 0.4) is 0 Å². The molecule has 2 heterocycles. The Morgan fingerprint density at radius 1 is 1.28 bits per heavy atom. The molecular weight excluding hydrogens is 316 g/mol. The van der Waals surface area contributed by atoms with Crippen molar-refractivity contribution in [2.45, 2.75) is 71.6 Å². The molecule has 0 aromatic carbocycles. The number of rotatable bonds is 8. The van der Waals surface area contributed by atoms with Gasteiger partial charge in [-0.2, -0.15) is 5.26 Å². The fraction of sp³-hybridized carbons (Fsp3) is 0.600. The Kier molecular flexibility index (Phi) is 6.69. The second-order valence-corrected chi connectivity index (χ2v) is 6.93. The van der Waals surface area contributed by atoms with Crippen molar-refractivity contribution in [3.8, 4) is 11.8 Å². The normalized spacial score (nSPS) is 17.6. The lowest BCUT2D eigenvalue weighted by Gasteiger charge is -2.29. The summed E-state index contributed by atoms with van der Waals surface area (Å²) >= 11 is 0. The minimum atomic E-state index is -0.435. The van der Waals surface area contributed by atoms with Crippen molar-refractivity contribution in [3.63, 3.8) is 0 Å². The van der Waals surface area contributed by atoms with Gasteiger partial charge in [0.2, 0.25) is 5.88 Å². The van der Waals surface area contributed by atoms with Crippen LogP contribution in [0.2, 0.25) is 0 Å². The van der Waals surface area contributed by atoms with Gasteiger partial charge in [-0.3, -0.25) is 0 Å². The van der Waals surface area contributed by atoms with Crippen LogP contribution >= 0.6 is 0 Å². The molecule has 0 aliphatic carbocycles. The van der Waals surface area contributed by atoms with Crippen molar-refractivity contribution in [1.29, 1.82) is 5.26 Å². The average Bonchev–Trinajstić information content (AvgIpc) is 2.56. The SMILES string of the molecule is CCCCCCCC[C@H](C)[C@H]1C(C#N)=C(N)Oc2cc(C)oc(=O)c21. The molecule has 0 fully saturated rings. The van der Waals surface area contributed by atoms with E-state index >= 15 is 0 Å². The van der Waals surface area contributed by atoms with Crippen LogP contribution < -0.4 is 16.1 Å². The molecule has 2 atom stereocenters. The first-order valence-corrected chi connectivity index (χ1v) is 9.21. The van der Waals surface area contributed by atoms with Gasteiger partial charge in [-0.15, -0.1) is 0 Å². The van der Waals surface area contributed by atoms with E-state index in [2.05, 4.69) is 19.9 Å². The first-order valence-electron chi connectivity index (χ1n) is 9.21. The molecule has 1 aromatic rings. The van der Waals surface area contributed by atoms with E-state index in [-0.39, 0.29) is 17.7 Å². The minimum Gasteiger partial charge on any atom is -0.440 e. The van der Waals surface area contributed by atoms with Crippen LogP contribution in [0, 0.1) is 24.2 Å². The van der Waals surface area contributed by atoms with Gasteiger partial charge in [0.1, 0.15) is 17.6 Å². The smallest absolute Gasteiger partial charge is 0.343 e. The van der Waals surface area contributed by atoms with Crippen LogP contribution in [0.25, 0.3) is 0 Å². The van der Waals surface area contributed by atoms with Crippen LogP contribution in [0.15, 0.2) is 26.7 Å². The van der Waals surface area contributed by atoms with Crippen LogP contribution in [0.1, 0.15) is 76.0 Å². The largest absolute Gasteiger partial charge is 0.440 e. The van der Waals surface area contributed by atoms with Crippen molar-refractivity contribution in [2.24, 2.45) is 11.7 Å². The molecule has 1 aliphatic heterocycles. The summed E-state index contributed by atoms with van der Waals surface area (Å²) in [5.41, 5.74) is 6.27. The molecule has 1 aliphatic rings. The van der Waals surface area contributed by atoms with Gasteiger partial charge in [0.25, 0.3) is 0 Å². The van der Waals surface area contributed by atoms with E-state index in [0.717, 1.165) is 12.8 Å². The molecule has 0 unspecified atom stereocenters. The molecule has 1 aromatic heterocycles. The number of allylic oxidation sites excluding steroid dienone is 1. The van der Waals surface area contributed by atoms with E-state index in [9.17, 15) is 10.1 Å². The fourth-order valence-electron chi connectivity index (χ4n) is 3.54. The van der Waals surface area contributed by atoms with Crippen molar-refractivity contribution in [2.75, 3.05) is 0 Å². The summed E-state index contributed by atoms with van der Waals surface area (Å²) in [5.74, 6) is 0.748. The predicted molar refractivity (Wildman–Crippen MR) is 97.1 cm³/mol. The highest BCUT2D eigenvalue weighted by Gasteiger charge is 2.36. The molecule has 0 bridgehead atoms. The molecule has 0 amide bonds. The zero-order valence-electron chi connectivity index (χ0n) is 15.4. The van der Waals surface area contributed by atoms with Gasteiger partial charge in [0, 0.05) is 12.0 Å². The van der Waals surface area contributed by atoms with Crippen LogP contribution in [-0.4, -0.2) is 0 Å². The van der Waals surface area contributed by atoms with Gasteiger partial charge in [0.05, 0.1) is 11.1 Å². The van der Waals surface area contributed by atoms with E-state index in [1.165, 1.54) is 32.1 Å². The Balaban J connectivity index is 2.17. The maximum Gasteiger partial charge on any atom is 0.343 e. The summed E-state index contributed by atoms with van der Waals surface area (Å²) in [7, 11) is 0. The lowest BCUT2D eigenvalue weighted by Crippen LogP contribution is -2.29. The molecule has 0 spiro atoms. The Labute approximate surface area is 149 Å². The molecule has 0 radical (unpaired) electrons. The second kappa shape index (κ2) is 8.75. The maximum atomic E-state index is 12.4. The number of nitrogens with zero attached hydrogens (tertiary/aromatic N) is 1. The van der Waals surface area contributed by atoms with Crippen LogP contribution in [-0.2, 0) is 0 Å². The highest BCUT2D eigenvalue weighted by atomic mass is 16.5. The third-order valence-corrected chi connectivity index (χ3v) is 4.88. The van der Waals surface area contributed by atoms with Gasteiger partial charge in [-0.1, -0.05) is 52.4 Å². The molecule has 0 saturated heterocycles. The lowest BCUT2D eigenvalue weighted by molar-refractivity contribution is 0.335. The number of fused-ring (bicyclic) bond motifs is 1. The Morgan fingerprint density at radius 3 is 2.64 bits per heavy atom. The van der Waals surface area contributed by atoms with Crippen molar-refractivity contribution in [1.82, 2.24) is 0 Å². The van der Waals surface area contributed by atoms with Crippen molar-refractivity contribution in [3.05, 3.63) is 39.3 Å². The Hall–Kier alpha value is -2.22. The fourth-order valence-corrected chi connectivity index (χ4v) is 3.54. The summed E-state index contributed by atoms with van der Waals surface area (Å²) in [5, 5.41) is 9.52. The standard InChI is InChI=1S/C20H28N2O3/c1-4-5-6-7-8-9-10-13(2)17-15(12-21)19(22)25-16-11-14(3)24-20(23)18(16)17/h11,13,17H,4-10,22H2,1-3H3/t13-,17-/m0/s1. The van der Waals surface area contributed by atoms with Crippen LogP contribution in [0.4, 0.5) is 0 Å². The number of nitrogens with two attached hydrogens (primary N) is 1. The molecular formula is C20H28N2O3. The van der Waals surface area contributed by atoms with Gasteiger partial charge >= 0.3 is 5.63 Å². The van der Waals surface area contributed by atoms with E-state index in [1.54, 1.807) is 13.0 Å². The molecule has 0 saturated carbocycles. The lowest BCUT2D eigenvalue weighted by atomic mass is 9.78. The van der Waals surface area contributed by atoms with Crippen molar-refractivity contribution >= 4 is 0 Å². The molecule has 5 nitrogen and oxygen atoms in total. The van der Waals surface area contributed by atoms with E-state index in [1.807, 2.05) is 0 Å². The second-order valence-electron chi connectivity index (χ2n) is 6.93. The van der Waals surface area contributed by atoms with Crippen molar-refractivity contribution < 1.29 is 9.15 Å². The first kappa shape index (κ1) is 19.1. The van der Waals surface area contributed by atoms with Gasteiger partial charge in [0.15, 0.2) is 0 Å². The predicted octanol–water partition coefficient (Wildman–Crippen LogP) is 4.50. The average molecular weight is 344 g/mol. The van der Waals surface area contributed by atoms with Gasteiger partial charge in [-0.05, 0) is 19.3 Å². The van der Waals surface area contributed by atoms with Crippen LogP contribution in [0.5, 0.6) is 5.75 Å².